The van der Waals surface area contributed by atoms with Gasteiger partial charge in [-0.2, -0.15) is 13.2 Å². The molecular formula is C13H17F3N2O. The number of nitrogens with one attached hydrogen (secondary N) is 1. The van der Waals surface area contributed by atoms with Gasteiger partial charge in [-0.25, -0.2) is 0 Å². The maximum atomic E-state index is 13.0. The van der Waals surface area contributed by atoms with Crippen LogP contribution in [-0.2, 0) is 25.6 Å². The number of nitrogens with two attached hydrogens (primary N) is 1. The lowest BCUT2D eigenvalue weighted by Crippen LogP contribution is -2.27. The van der Waals surface area contributed by atoms with E-state index in [0.717, 1.165) is 19.3 Å². The molecule has 1 aromatic rings. The van der Waals surface area contributed by atoms with Crippen LogP contribution in [0.2, 0.25) is 0 Å². The molecule has 0 aromatic carbocycles. The molecule has 0 fully saturated rings. The largest absolute Gasteiger partial charge is 0.431 e. The Balaban J connectivity index is 2.67. The molecule has 1 aliphatic carbocycles. The average Bonchev–Trinajstić information content (AvgIpc) is 2.29. The van der Waals surface area contributed by atoms with Crippen molar-refractivity contribution in [3.63, 3.8) is 0 Å². The molecule has 0 radical (unpaired) electrons. The second-order valence-electron chi connectivity index (χ2n) is 4.88. The fourth-order valence-electron chi connectivity index (χ4n) is 2.73. The van der Waals surface area contributed by atoms with Gasteiger partial charge >= 0.3 is 6.18 Å². The smallest absolute Gasteiger partial charge is 0.326 e. The molecule has 1 heterocycles. The molecule has 6 heteroatoms. The highest BCUT2D eigenvalue weighted by Gasteiger charge is 2.36. The minimum atomic E-state index is -4.52. The van der Waals surface area contributed by atoms with Gasteiger partial charge in [0.25, 0.3) is 5.56 Å². The van der Waals surface area contributed by atoms with Gasteiger partial charge in [0.15, 0.2) is 0 Å². The third kappa shape index (κ3) is 2.83. The van der Waals surface area contributed by atoms with Gasteiger partial charge in [-0.05, 0) is 36.8 Å². The predicted octanol–water partition coefficient (Wildman–Crippen LogP) is 2.51. The van der Waals surface area contributed by atoms with Crippen molar-refractivity contribution in [2.45, 2.75) is 51.2 Å². The Bertz CT molecular complexity index is 520. The van der Waals surface area contributed by atoms with Crippen LogP contribution in [0.4, 0.5) is 13.2 Å². The van der Waals surface area contributed by atoms with E-state index in [0.29, 0.717) is 30.4 Å². The summed E-state index contributed by atoms with van der Waals surface area (Å²) in [7, 11) is 0. The highest BCUT2D eigenvalue weighted by atomic mass is 19.4. The first-order valence-electron chi connectivity index (χ1n) is 6.49. The van der Waals surface area contributed by atoms with Crippen LogP contribution >= 0.6 is 0 Å². The number of aromatic nitrogens is 1. The molecule has 3 nitrogen and oxygen atoms in total. The first-order valence-corrected chi connectivity index (χ1v) is 6.49. The maximum Gasteiger partial charge on any atom is 0.431 e. The number of hydrogen-bond donors (Lipinski definition) is 2. The molecule has 1 aliphatic rings. The molecule has 3 N–H and O–H groups in total. The summed E-state index contributed by atoms with van der Waals surface area (Å²) in [5.41, 5.74) is 5.02. The summed E-state index contributed by atoms with van der Waals surface area (Å²) in [6.07, 6.45) is -0.225. The van der Waals surface area contributed by atoms with Gasteiger partial charge in [-0.3, -0.25) is 4.79 Å². The zero-order valence-electron chi connectivity index (χ0n) is 10.6. The topological polar surface area (TPSA) is 58.9 Å². The third-order valence-electron chi connectivity index (χ3n) is 3.63. The Morgan fingerprint density at radius 2 is 1.63 bits per heavy atom. The van der Waals surface area contributed by atoms with Gasteiger partial charge in [-0.15, -0.1) is 0 Å². The molecule has 0 saturated heterocycles. The molecule has 0 aliphatic heterocycles. The number of halogens is 3. The van der Waals surface area contributed by atoms with Crippen molar-refractivity contribution in [3.05, 3.63) is 32.7 Å². The van der Waals surface area contributed by atoms with Gasteiger partial charge in [-0.1, -0.05) is 12.8 Å². The van der Waals surface area contributed by atoms with Crippen LogP contribution in [0.5, 0.6) is 0 Å². The molecule has 0 saturated carbocycles. The SMILES string of the molecule is NCc1c2c(c(C(F)(F)F)[nH]c1=O)CCCCCC2. The van der Waals surface area contributed by atoms with E-state index in [1.54, 1.807) is 0 Å². The number of pyridine rings is 1. The van der Waals surface area contributed by atoms with Gasteiger partial charge in [0.2, 0.25) is 0 Å². The maximum absolute atomic E-state index is 13.0. The fraction of sp³-hybridized carbons (Fsp3) is 0.615. The molecule has 0 atom stereocenters. The summed E-state index contributed by atoms with van der Waals surface area (Å²) >= 11 is 0. The van der Waals surface area contributed by atoms with Crippen molar-refractivity contribution in [2.24, 2.45) is 5.73 Å². The van der Waals surface area contributed by atoms with E-state index in [4.69, 9.17) is 5.73 Å². The molecular weight excluding hydrogens is 257 g/mol. The van der Waals surface area contributed by atoms with Gasteiger partial charge in [0.1, 0.15) is 5.69 Å². The number of rotatable bonds is 1. The lowest BCUT2D eigenvalue weighted by molar-refractivity contribution is -0.142. The highest BCUT2D eigenvalue weighted by molar-refractivity contribution is 5.38. The zero-order valence-corrected chi connectivity index (χ0v) is 10.6. The minimum absolute atomic E-state index is 0.0181. The van der Waals surface area contributed by atoms with Crippen molar-refractivity contribution >= 4 is 0 Å². The quantitative estimate of drug-likeness (QED) is 0.826. The lowest BCUT2D eigenvalue weighted by atomic mass is 9.89. The summed E-state index contributed by atoms with van der Waals surface area (Å²) in [5.74, 6) is 0. The normalized spacial score (nSPS) is 16.6. The molecule has 19 heavy (non-hydrogen) atoms. The second kappa shape index (κ2) is 5.36. The van der Waals surface area contributed by atoms with Crippen molar-refractivity contribution in [1.82, 2.24) is 4.98 Å². The standard InChI is InChI=1S/C13H17F3N2O/c14-13(15,16)11-9-6-4-2-1-3-5-8(9)10(7-17)12(19)18-11/h1-7,17H2,(H,18,19). The van der Waals surface area contributed by atoms with E-state index in [9.17, 15) is 18.0 Å². The molecule has 1 aromatic heterocycles. The number of fused-ring (bicyclic) bond motifs is 1. The van der Waals surface area contributed by atoms with Crippen LogP contribution in [0.15, 0.2) is 4.79 Å². The predicted molar refractivity (Wildman–Crippen MR) is 65.8 cm³/mol. The zero-order chi connectivity index (χ0) is 14.0. The third-order valence-corrected chi connectivity index (χ3v) is 3.63. The highest BCUT2D eigenvalue weighted by Crippen LogP contribution is 2.34. The molecule has 106 valence electrons. The number of alkyl halides is 3. The van der Waals surface area contributed by atoms with Crippen molar-refractivity contribution < 1.29 is 13.2 Å². The molecule has 0 amide bonds. The summed E-state index contributed by atoms with van der Waals surface area (Å²) < 4.78 is 39.1. The van der Waals surface area contributed by atoms with Crippen LogP contribution in [0.1, 0.15) is 48.1 Å². The Morgan fingerprint density at radius 3 is 2.16 bits per heavy atom. The van der Waals surface area contributed by atoms with Crippen molar-refractivity contribution in [3.8, 4) is 0 Å². The fourth-order valence-corrected chi connectivity index (χ4v) is 2.73. The van der Waals surface area contributed by atoms with Crippen LogP contribution < -0.4 is 11.3 Å². The Hall–Kier alpha value is -1.30. The summed E-state index contributed by atoms with van der Waals surface area (Å²) in [4.78, 5) is 13.7. The molecule has 0 unspecified atom stereocenters. The second-order valence-corrected chi connectivity index (χ2v) is 4.88. The lowest BCUT2D eigenvalue weighted by Gasteiger charge is -2.21. The van der Waals surface area contributed by atoms with E-state index in [1.807, 2.05) is 4.98 Å². The van der Waals surface area contributed by atoms with E-state index in [2.05, 4.69) is 0 Å². The number of hydrogen-bond acceptors (Lipinski definition) is 2. The Labute approximate surface area is 109 Å². The number of aromatic amines is 1. The van der Waals surface area contributed by atoms with E-state index >= 15 is 0 Å². The van der Waals surface area contributed by atoms with Gasteiger partial charge in [0.05, 0.1) is 0 Å². The molecule has 2 rings (SSSR count). The first-order chi connectivity index (χ1) is 8.95. The van der Waals surface area contributed by atoms with E-state index in [1.165, 1.54) is 0 Å². The summed E-state index contributed by atoms with van der Waals surface area (Å²) in [6.45, 7) is -0.0181. The van der Waals surface area contributed by atoms with Crippen LogP contribution in [-0.4, -0.2) is 4.98 Å². The van der Waals surface area contributed by atoms with Crippen LogP contribution in [0, 0.1) is 0 Å². The van der Waals surface area contributed by atoms with Crippen LogP contribution in [0.3, 0.4) is 0 Å². The monoisotopic (exact) mass is 274 g/mol. The minimum Gasteiger partial charge on any atom is -0.326 e. The van der Waals surface area contributed by atoms with Crippen molar-refractivity contribution in [2.75, 3.05) is 0 Å². The molecule has 0 bridgehead atoms. The van der Waals surface area contributed by atoms with Crippen molar-refractivity contribution in [1.29, 1.82) is 0 Å². The Morgan fingerprint density at radius 1 is 1.05 bits per heavy atom. The van der Waals surface area contributed by atoms with Gasteiger partial charge in [0, 0.05) is 12.1 Å². The average molecular weight is 274 g/mol. The van der Waals surface area contributed by atoms with Gasteiger partial charge < -0.3 is 10.7 Å². The van der Waals surface area contributed by atoms with Crippen LogP contribution in [0.25, 0.3) is 0 Å². The summed E-state index contributed by atoms with van der Waals surface area (Å²) in [6, 6.07) is 0. The van der Waals surface area contributed by atoms with E-state index < -0.39 is 17.4 Å². The molecule has 0 spiro atoms. The van der Waals surface area contributed by atoms with E-state index in [-0.39, 0.29) is 12.1 Å². The first kappa shape index (κ1) is 14.1. The number of H-pyrrole nitrogens is 1. The summed E-state index contributed by atoms with van der Waals surface area (Å²) in [5, 5.41) is 0. The Kier molecular flexibility index (Phi) is 3.99.